The zero-order valence-electron chi connectivity index (χ0n) is 25.8. The van der Waals surface area contributed by atoms with Gasteiger partial charge >= 0.3 is 0 Å². The van der Waals surface area contributed by atoms with Crippen molar-refractivity contribution in [2.24, 2.45) is 0 Å². The molecule has 0 N–H and O–H groups in total. The molecule has 0 bridgehead atoms. The van der Waals surface area contributed by atoms with E-state index >= 15 is 0 Å². The van der Waals surface area contributed by atoms with Gasteiger partial charge in [0.25, 0.3) is 7.82 Å². The lowest BCUT2D eigenvalue weighted by Crippen LogP contribution is -2.39. The standard InChI is InChI=1S/C29H62NO7P/c1-7-8-9-10-11-12-13-14-15-16-17-18-19-20-21-22-24-35-26-28(33-5)29(34-6)27-37-38(31,32)36-25-23-30(2,3)4/h28-29H,7-27H2,1-6H3. The molecular formula is C29H62NO7P. The topological polar surface area (TPSA) is 86.3 Å². The predicted molar refractivity (Wildman–Crippen MR) is 154 cm³/mol. The Hall–Kier alpha value is -0.0500. The second kappa shape index (κ2) is 24.7. The van der Waals surface area contributed by atoms with Crippen molar-refractivity contribution in [2.75, 3.05) is 68.3 Å². The highest BCUT2D eigenvalue weighted by Crippen LogP contribution is 2.38. The number of likely N-dealkylation sites (N-methyl/N-ethyl adjacent to an activating group) is 1. The summed E-state index contributed by atoms with van der Waals surface area (Å²) >= 11 is 0. The van der Waals surface area contributed by atoms with E-state index in [1.54, 1.807) is 7.11 Å². The van der Waals surface area contributed by atoms with Gasteiger partial charge in [-0.3, -0.25) is 4.57 Å². The molecule has 3 atom stereocenters. The summed E-state index contributed by atoms with van der Waals surface area (Å²) in [7, 11) is 4.55. The largest absolute Gasteiger partial charge is 0.756 e. The van der Waals surface area contributed by atoms with E-state index in [9.17, 15) is 9.46 Å². The first-order valence-electron chi connectivity index (χ1n) is 15.2. The van der Waals surface area contributed by atoms with Gasteiger partial charge in [0.2, 0.25) is 0 Å². The van der Waals surface area contributed by atoms with Crippen LogP contribution in [0.2, 0.25) is 0 Å². The van der Waals surface area contributed by atoms with Crippen LogP contribution < -0.4 is 4.89 Å². The SMILES string of the molecule is CCCCCCCCCCCCCCCCCCOCC(OC)C(COP(=O)([O-])OCC[N+](C)(C)C)OC. The number of nitrogens with zero attached hydrogens (tertiary/aromatic N) is 1. The van der Waals surface area contributed by atoms with Crippen molar-refractivity contribution in [3.05, 3.63) is 0 Å². The Morgan fingerprint density at radius 1 is 0.632 bits per heavy atom. The molecule has 0 fully saturated rings. The summed E-state index contributed by atoms with van der Waals surface area (Å²) in [6.45, 7) is 3.70. The third kappa shape index (κ3) is 25.0. The lowest BCUT2D eigenvalue weighted by Gasteiger charge is -2.30. The molecule has 0 aliphatic carbocycles. The van der Waals surface area contributed by atoms with Gasteiger partial charge in [-0.25, -0.2) is 0 Å². The fraction of sp³-hybridized carbons (Fsp3) is 1.00. The van der Waals surface area contributed by atoms with E-state index in [4.69, 9.17) is 23.3 Å². The van der Waals surface area contributed by atoms with Gasteiger partial charge in [-0.1, -0.05) is 103 Å². The van der Waals surface area contributed by atoms with Crippen LogP contribution in [0, 0.1) is 0 Å². The quantitative estimate of drug-likeness (QED) is 0.0579. The van der Waals surface area contributed by atoms with Crippen molar-refractivity contribution in [2.45, 2.75) is 122 Å². The molecule has 0 aromatic heterocycles. The average molecular weight is 568 g/mol. The zero-order chi connectivity index (χ0) is 28.5. The number of hydrogen-bond acceptors (Lipinski definition) is 7. The molecule has 0 aliphatic heterocycles. The molecule has 0 aromatic carbocycles. The van der Waals surface area contributed by atoms with Gasteiger partial charge in [-0.2, -0.15) is 0 Å². The maximum atomic E-state index is 12.0. The molecule has 3 unspecified atom stereocenters. The van der Waals surface area contributed by atoms with E-state index in [1.807, 2.05) is 21.1 Å². The molecule has 0 heterocycles. The number of hydrogen-bond donors (Lipinski definition) is 0. The number of phosphoric ester groups is 1. The second-order valence-corrected chi connectivity index (χ2v) is 12.9. The maximum absolute atomic E-state index is 12.0. The number of ether oxygens (including phenoxy) is 3. The molecule has 0 rings (SSSR count). The summed E-state index contributed by atoms with van der Waals surface area (Å²) in [5.41, 5.74) is 0. The summed E-state index contributed by atoms with van der Waals surface area (Å²) in [5.74, 6) is 0. The molecule has 9 heteroatoms. The number of rotatable bonds is 29. The minimum Gasteiger partial charge on any atom is -0.756 e. The monoisotopic (exact) mass is 567 g/mol. The van der Waals surface area contributed by atoms with Crippen LogP contribution in [0.3, 0.4) is 0 Å². The molecular weight excluding hydrogens is 505 g/mol. The van der Waals surface area contributed by atoms with Crippen LogP contribution in [-0.2, 0) is 27.8 Å². The van der Waals surface area contributed by atoms with Gasteiger partial charge in [0.05, 0.1) is 34.4 Å². The van der Waals surface area contributed by atoms with Crippen LogP contribution in [0.15, 0.2) is 0 Å². The lowest BCUT2D eigenvalue weighted by molar-refractivity contribution is -0.870. The highest BCUT2D eigenvalue weighted by molar-refractivity contribution is 7.45. The molecule has 0 aromatic rings. The number of phosphoric acid groups is 1. The Morgan fingerprint density at radius 3 is 1.47 bits per heavy atom. The summed E-state index contributed by atoms with van der Waals surface area (Å²) in [5, 5.41) is 0. The third-order valence-corrected chi connectivity index (χ3v) is 7.82. The normalized spacial score (nSPS) is 15.4. The second-order valence-electron chi connectivity index (χ2n) is 11.5. The lowest BCUT2D eigenvalue weighted by atomic mass is 10.0. The Kier molecular flexibility index (Phi) is 24.7. The van der Waals surface area contributed by atoms with Crippen LogP contribution in [0.5, 0.6) is 0 Å². The van der Waals surface area contributed by atoms with Crippen molar-refractivity contribution in [3.8, 4) is 0 Å². The molecule has 8 nitrogen and oxygen atoms in total. The van der Waals surface area contributed by atoms with Crippen LogP contribution in [0.1, 0.15) is 110 Å². The maximum Gasteiger partial charge on any atom is 0.268 e. The van der Waals surface area contributed by atoms with E-state index in [0.717, 1.165) is 12.8 Å². The van der Waals surface area contributed by atoms with Crippen LogP contribution >= 0.6 is 7.82 Å². The van der Waals surface area contributed by atoms with Crippen molar-refractivity contribution in [1.29, 1.82) is 0 Å². The summed E-state index contributed by atoms with van der Waals surface area (Å²) < 4.78 is 39.3. The van der Waals surface area contributed by atoms with Crippen LogP contribution in [-0.4, -0.2) is 85.0 Å². The van der Waals surface area contributed by atoms with Crippen molar-refractivity contribution in [1.82, 2.24) is 0 Å². The first kappa shape index (κ1) is 38.0. The highest BCUT2D eigenvalue weighted by atomic mass is 31.2. The molecule has 0 amide bonds. The van der Waals surface area contributed by atoms with Gasteiger partial charge in [0.1, 0.15) is 25.4 Å². The molecule has 0 radical (unpaired) electrons. The van der Waals surface area contributed by atoms with E-state index in [-0.39, 0.29) is 13.2 Å². The van der Waals surface area contributed by atoms with E-state index in [2.05, 4.69) is 6.92 Å². The average Bonchev–Trinajstić information content (AvgIpc) is 2.86. The van der Waals surface area contributed by atoms with E-state index < -0.39 is 20.0 Å². The van der Waals surface area contributed by atoms with Gasteiger partial charge in [-0.05, 0) is 6.42 Å². The third-order valence-electron chi connectivity index (χ3n) is 6.85. The fourth-order valence-corrected chi connectivity index (χ4v) is 4.94. The van der Waals surface area contributed by atoms with Crippen molar-refractivity contribution < 1.29 is 37.2 Å². The molecule has 0 saturated carbocycles. The Morgan fingerprint density at radius 2 is 1.05 bits per heavy atom. The number of quaternary nitrogens is 1. The fourth-order valence-electron chi connectivity index (χ4n) is 4.23. The Labute approximate surface area is 235 Å². The molecule has 230 valence electrons. The molecule has 0 aliphatic rings. The van der Waals surface area contributed by atoms with Crippen LogP contribution in [0.4, 0.5) is 0 Å². The van der Waals surface area contributed by atoms with Crippen molar-refractivity contribution in [3.63, 3.8) is 0 Å². The molecule has 0 spiro atoms. The van der Waals surface area contributed by atoms with E-state index in [0.29, 0.717) is 24.2 Å². The van der Waals surface area contributed by atoms with Crippen LogP contribution in [0.25, 0.3) is 0 Å². The first-order chi connectivity index (χ1) is 18.1. The Bertz CT molecular complexity index is 560. The van der Waals surface area contributed by atoms with Gasteiger partial charge in [0.15, 0.2) is 0 Å². The van der Waals surface area contributed by atoms with Gasteiger partial charge in [0, 0.05) is 20.8 Å². The first-order valence-corrected chi connectivity index (χ1v) is 16.6. The van der Waals surface area contributed by atoms with Gasteiger partial charge < -0.3 is 32.6 Å². The predicted octanol–water partition coefficient (Wildman–Crippen LogP) is 6.50. The number of unbranched alkanes of at least 4 members (excludes halogenated alkanes) is 15. The van der Waals surface area contributed by atoms with E-state index in [1.165, 1.54) is 97.0 Å². The van der Waals surface area contributed by atoms with Gasteiger partial charge in [-0.15, -0.1) is 0 Å². The smallest absolute Gasteiger partial charge is 0.268 e. The molecule has 0 saturated heterocycles. The number of methoxy groups -OCH3 is 2. The zero-order valence-corrected chi connectivity index (χ0v) is 26.7. The Balaban J connectivity index is 3.74. The molecule has 38 heavy (non-hydrogen) atoms. The summed E-state index contributed by atoms with van der Waals surface area (Å²) in [4.78, 5) is 12.0. The summed E-state index contributed by atoms with van der Waals surface area (Å²) in [6, 6.07) is 0. The minimum atomic E-state index is -4.40. The highest BCUT2D eigenvalue weighted by Gasteiger charge is 2.24. The van der Waals surface area contributed by atoms with Crippen molar-refractivity contribution >= 4 is 7.82 Å². The minimum absolute atomic E-state index is 0.0675. The summed E-state index contributed by atoms with van der Waals surface area (Å²) in [6.07, 6.45) is 20.4.